The van der Waals surface area contributed by atoms with Gasteiger partial charge in [-0.3, -0.25) is 14.5 Å². The van der Waals surface area contributed by atoms with E-state index < -0.39 is 17.7 Å². The second kappa shape index (κ2) is 8.64. The number of Topliss-reactive ketones (excluding diaryl/α,β-unsaturated/α-hetero) is 1. The Labute approximate surface area is 196 Å². The number of phenolic OH excluding ortho intramolecular Hbond substituents is 1. The molecule has 1 aliphatic rings. The van der Waals surface area contributed by atoms with Gasteiger partial charge in [-0.1, -0.05) is 35.9 Å². The van der Waals surface area contributed by atoms with Crippen molar-refractivity contribution in [2.45, 2.75) is 19.9 Å². The van der Waals surface area contributed by atoms with Crippen molar-refractivity contribution >= 4 is 34.7 Å². The van der Waals surface area contributed by atoms with E-state index in [4.69, 9.17) is 16.3 Å². The molecular weight excluding hydrogens is 442 g/mol. The number of aliphatic hydroxyl groups is 1. The van der Waals surface area contributed by atoms with Crippen LogP contribution in [0.3, 0.4) is 0 Å². The maximum Gasteiger partial charge on any atom is 0.300 e. The molecule has 2 N–H and O–H groups in total. The minimum absolute atomic E-state index is 0.0462. The Hall–Kier alpha value is -3.77. The molecule has 0 spiro atoms. The number of nitrogens with zero attached hydrogens (tertiary/aromatic N) is 1. The number of anilines is 1. The topological polar surface area (TPSA) is 87.1 Å². The standard InChI is InChI=1S/C26H22ClNO5/c1-14-4-5-15(2)20(12-14)28-23(16-6-9-18(29)10-7-16)22(25(31)26(28)32)24(30)17-8-11-19(27)21(13-17)33-3/h4-13,23,29-30H,1-3H3/b24-22-. The summed E-state index contributed by atoms with van der Waals surface area (Å²) >= 11 is 6.11. The SMILES string of the molecule is COc1cc(/C(O)=C2/C(=O)C(=O)N(c3cc(C)ccc3C)C2c2ccc(O)cc2)ccc1Cl. The second-order valence-electron chi connectivity index (χ2n) is 7.90. The monoisotopic (exact) mass is 463 g/mol. The molecule has 0 saturated carbocycles. The molecule has 0 aromatic heterocycles. The molecule has 1 aliphatic heterocycles. The highest BCUT2D eigenvalue weighted by Gasteiger charge is 2.47. The first kappa shape index (κ1) is 22.4. The van der Waals surface area contributed by atoms with E-state index >= 15 is 0 Å². The number of halogens is 1. The van der Waals surface area contributed by atoms with E-state index in [-0.39, 0.29) is 17.1 Å². The van der Waals surface area contributed by atoms with Gasteiger partial charge in [0, 0.05) is 11.3 Å². The van der Waals surface area contributed by atoms with Gasteiger partial charge in [-0.25, -0.2) is 0 Å². The van der Waals surface area contributed by atoms with Gasteiger partial charge in [-0.2, -0.15) is 0 Å². The number of carbonyl (C=O) groups excluding carboxylic acids is 2. The van der Waals surface area contributed by atoms with Gasteiger partial charge in [0.2, 0.25) is 0 Å². The highest BCUT2D eigenvalue weighted by Crippen LogP contribution is 2.44. The van der Waals surface area contributed by atoms with Gasteiger partial charge >= 0.3 is 0 Å². The van der Waals surface area contributed by atoms with Crippen LogP contribution in [-0.2, 0) is 9.59 Å². The Bertz CT molecular complexity index is 1300. The van der Waals surface area contributed by atoms with Crippen LogP contribution in [0.25, 0.3) is 5.76 Å². The number of aryl methyl sites for hydroxylation is 2. The van der Waals surface area contributed by atoms with Gasteiger partial charge in [-0.15, -0.1) is 0 Å². The lowest BCUT2D eigenvalue weighted by molar-refractivity contribution is -0.132. The Balaban J connectivity index is 1.98. The van der Waals surface area contributed by atoms with Crippen LogP contribution in [0, 0.1) is 13.8 Å². The lowest BCUT2D eigenvalue weighted by atomic mass is 9.94. The van der Waals surface area contributed by atoms with Crippen molar-refractivity contribution in [3.05, 3.63) is 93.5 Å². The van der Waals surface area contributed by atoms with Crippen LogP contribution in [0.4, 0.5) is 5.69 Å². The second-order valence-corrected chi connectivity index (χ2v) is 8.31. The van der Waals surface area contributed by atoms with E-state index in [9.17, 15) is 19.8 Å². The number of phenols is 1. The molecule has 1 saturated heterocycles. The fraction of sp³-hybridized carbons (Fsp3) is 0.154. The lowest BCUT2D eigenvalue weighted by Crippen LogP contribution is -2.30. The van der Waals surface area contributed by atoms with Gasteiger partial charge in [-0.05, 0) is 66.9 Å². The maximum atomic E-state index is 13.3. The number of methoxy groups -OCH3 is 1. The molecule has 168 valence electrons. The molecule has 0 bridgehead atoms. The van der Waals surface area contributed by atoms with Crippen molar-refractivity contribution in [3.8, 4) is 11.5 Å². The summed E-state index contributed by atoms with van der Waals surface area (Å²) in [5.74, 6) is -1.52. The predicted octanol–water partition coefficient (Wildman–Crippen LogP) is 5.30. The quantitative estimate of drug-likeness (QED) is 0.311. The van der Waals surface area contributed by atoms with Crippen molar-refractivity contribution < 1.29 is 24.5 Å². The lowest BCUT2D eigenvalue weighted by Gasteiger charge is -2.27. The summed E-state index contributed by atoms with van der Waals surface area (Å²) < 4.78 is 5.23. The molecular formula is C26H22ClNO5. The molecule has 4 rings (SSSR count). The normalized spacial score (nSPS) is 17.5. The summed E-state index contributed by atoms with van der Waals surface area (Å²) in [7, 11) is 1.45. The van der Waals surface area contributed by atoms with E-state index in [2.05, 4.69) is 0 Å². The van der Waals surface area contributed by atoms with Gasteiger partial charge in [0.1, 0.15) is 17.3 Å². The molecule has 3 aromatic rings. The van der Waals surface area contributed by atoms with Crippen LogP contribution in [-0.4, -0.2) is 29.0 Å². The largest absolute Gasteiger partial charge is 0.508 e. The van der Waals surface area contributed by atoms with Crippen molar-refractivity contribution in [1.82, 2.24) is 0 Å². The van der Waals surface area contributed by atoms with Crippen LogP contribution in [0.2, 0.25) is 5.02 Å². The minimum atomic E-state index is -0.896. The van der Waals surface area contributed by atoms with Gasteiger partial charge in [0.05, 0.1) is 23.7 Å². The third kappa shape index (κ3) is 3.94. The summed E-state index contributed by atoms with van der Waals surface area (Å²) in [6.45, 7) is 3.75. The Morgan fingerprint density at radius 1 is 1.00 bits per heavy atom. The number of amides is 1. The fourth-order valence-electron chi connectivity index (χ4n) is 3.99. The molecule has 0 radical (unpaired) electrons. The predicted molar refractivity (Wildman–Crippen MR) is 127 cm³/mol. The number of rotatable bonds is 4. The van der Waals surface area contributed by atoms with Crippen LogP contribution < -0.4 is 9.64 Å². The van der Waals surface area contributed by atoms with Crippen LogP contribution in [0.1, 0.15) is 28.3 Å². The third-order valence-corrected chi connectivity index (χ3v) is 6.01. The van der Waals surface area contributed by atoms with Crippen molar-refractivity contribution in [2.24, 2.45) is 0 Å². The van der Waals surface area contributed by atoms with Gasteiger partial charge in [0.15, 0.2) is 0 Å². The molecule has 1 fully saturated rings. The summed E-state index contributed by atoms with van der Waals surface area (Å²) in [4.78, 5) is 27.9. The highest BCUT2D eigenvalue weighted by molar-refractivity contribution is 6.51. The number of ether oxygens (including phenoxy) is 1. The summed E-state index contributed by atoms with van der Waals surface area (Å²) in [5, 5.41) is 21.3. The molecule has 1 heterocycles. The number of hydrogen-bond donors (Lipinski definition) is 2. The van der Waals surface area contributed by atoms with Gasteiger partial charge in [0.25, 0.3) is 11.7 Å². The Kier molecular flexibility index (Phi) is 5.87. The first-order valence-electron chi connectivity index (χ1n) is 10.2. The van der Waals surface area contributed by atoms with Crippen LogP contribution in [0.15, 0.2) is 66.2 Å². The van der Waals surface area contributed by atoms with E-state index in [0.29, 0.717) is 27.6 Å². The molecule has 6 nitrogen and oxygen atoms in total. The zero-order chi connectivity index (χ0) is 23.9. The summed E-state index contributed by atoms with van der Waals surface area (Å²) in [5.41, 5.74) is 3.09. The molecule has 1 unspecified atom stereocenters. The smallest absolute Gasteiger partial charge is 0.300 e. The van der Waals surface area contributed by atoms with Crippen LogP contribution >= 0.6 is 11.6 Å². The van der Waals surface area contributed by atoms with E-state index in [1.807, 2.05) is 32.0 Å². The van der Waals surface area contributed by atoms with E-state index in [1.165, 1.54) is 30.2 Å². The number of carbonyl (C=O) groups is 2. The number of aliphatic hydroxyl groups excluding tert-OH is 1. The number of ketones is 1. The van der Waals surface area contributed by atoms with E-state index in [1.54, 1.807) is 24.3 Å². The van der Waals surface area contributed by atoms with Crippen molar-refractivity contribution in [2.75, 3.05) is 12.0 Å². The molecule has 0 aliphatic carbocycles. The van der Waals surface area contributed by atoms with Crippen molar-refractivity contribution in [3.63, 3.8) is 0 Å². The van der Waals surface area contributed by atoms with Crippen molar-refractivity contribution in [1.29, 1.82) is 0 Å². The summed E-state index contributed by atoms with van der Waals surface area (Å²) in [6.07, 6.45) is 0. The van der Waals surface area contributed by atoms with Gasteiger partial charge < -0.3 is 14.9 Å². The Morgan fingerprint density at radius 2 is 1.70 bits per heavy atom. The average Bonchev–Trinajstić information content (AvgIpc) is 3.06. The first-order valence-corrected chi connectivity index (χ1v) is 10.6. The number of hydrogen-bond acceptors (Lipinski definition) is 5. The molecule has 3 aromatic carbocycles. The zero-order valence-corrected chi connectivity index (χ0v) is 19.1. The molecule has 1 atom stereocenters. The fourth-order valence-corrected chi connectivity index (χ4v) is 4.19. The molecule has 1 amide bonds. The highest BCUT2D eigenvalue weighted by atomic mass is 35.5. The molecule has 33 heavy (non-hydrogen) atoms. The Morgan fingerprint density at radius 3 is 2.36 bits per heavy atom. The zero-order valence-electron chi connectivity index (χ0n) is 18.3. The average molecular weight is 464 g/mol. The maximum absolute atomic E-state index is 13.3. The number of benzene rings is 3. The summed E-state index contributed by atoms with van der Waals surface area (Å²) in [6, 6.07) is 15.6. The number of aromatic hydroxyl groups is 1. The first-order chi connectivity index (χ1) is 15.7. The van der Waals surface area contributed by atoms with E-state index in [0.717, 1.165) is 11.1 Å². The molecule has 7 heteroatoms. The van der Waals surface area contributed by atoms with Crippen LogP contribution in [0.5, 0.6) is 11.5 Å². The minimum Gasteiger partial charge on any atom is -0.508 e. The third-order valence-electron chi connectivity index (χ3n) is 5.70.